The van der Waals surface area contributed by atoms with Gasteiger partial charge in [-0.15, -0.1) is 15.3 Å². The van der Waals surface area contributed by atoms with Gasteiger partial charge in [0.15, 0.2) is 5.65 Å². The number of carbonyl (C=O) groups is 1. The summed E-state index contributed by atoms with van der Waals surface area (Å²) in [6.07, 6.45) is 3.17. The van der Waals surface area contributed by atoms with Crippen LogP contribution in [0.25, 0.3) is 5.65 Å². The number of piperidine rings is 1. The highest BCUT2D eigenvalue weighted by Gasteiger charge is 2.26. The highest BCUT2D eigenvalue weighted by atomic mass is 16.5. The second-order valence-electron chi connectivity index (χ2n) is 7.83. The minimum atomic E-state index is -0.00732. The summed E-state index contributed by atoms with van der Waals surface area (Å²) in [4.78, 5) is 15.0. The number of fused-ring (bicyclic) bond motifs is 1. The third-order valence-electron chi connectivity index (χ3n) is 5.73. The van der Waals surface area contributed by atoms with Gasteiger partial charge >= 0.3 is 0 Å². The lowest BCUT2D eigenvalue weighted by Crippen LogP contribution is -2.40. The smallest absolute Gasteiger partial charge is 0.223 e. The minimum absolute atomic E-state index is 0.00732. The van der Waals surface area contributed by atoms with Crippen molar-refractivity contribution in [3.8, 4) is 11.5 Å². The summed E-state index contributed by atoms with van der Waals surface area (Å²) < 4.78 is 7.67. The Morgan fingerprint density at radius 1 is 1.00 bits per heavy atom. The van der Waals surface area contributed by atoms with Crippen LogP contribution in [0.15, 0.2) is 73.1 Å². The molecular formula is C24H24N6O2. The van der Waals surface area contributed by atoms with Crippen molar-refractivity contribution in [2.45, 2.75) is 19.4 Å². The Labute approximate surface area is 185 Å². The fourth-order valence-electron chi connectivity index (χ4n) is 3.95. The minimum Gasteiger partial charge on any atom is -0.457 e. The molecule has 8 heteroatoms. The molecule has 0 saturated carbocycles. The van der Waals surface area contributed by atoms with E-state index in [1.807, 2.05) is 66.7 Å². The number of aromatic nitrogens is 4. The summed E-state index contributed by atoms with van der Waals surface area (Å²) in [5, 5.41) is 15.5. The van der Waals surface area contributed by atoms with Gasteiger partial charge in [-0.1, -0.05) is 36.4 Å². The third-order valence-corrected chi connectivity index (χ3v) is 5.73. The van der Waals surface area contributed by atoms with Crippen molar-refractivity contribution in [1.29, 1.82) is 0 Å². The number of anilines is 1. The van der Waals surface area contributed by atoms with Crippen LogP contribution >= 0.6 is 0 Å². The molecule has 1 fully saturated rings. The number of carbonyl (C=O) groups excluding carboxylic acids is 1. The lowest BCUT2D eigenvalue weighted by atomic mass is 9.96. The number of hydrogen-bond donors (Lipinski definition) is 1. The van der Waals surface area contributed by atoms with Crippen LogP contribution in [-0.4, -0.2) is 38.8 Å². The second-order valence-corrected chi connectivity index (χ2v) is 7.83. The first-order valence-corrected chi connectivity index (χ1v) is 10.8. The van der Waals surface area contributed by atoms with Crippen molar-refractivity contribution in [1.82, 2.24) is 25.1 Å². The zero-order valence-electron chi connectivity index (χ0n) is 17.6. The summed E-state index contributed by atoms with van der Waals surface area (Å²) in [5.74, 6) is 2.48. The SMILES string of the molecule is O=C(NCc1ccccc1Oc1ccccc1)C1CCN(c2ccc3nncn3n2)CC1. The summed E-state index contributed by atoms with van der Waals surface area (Å²) in [6, 6.07) is 21.3. The van der Waals surface area contributed by atoms with Crippen LogP contribution in [0.4, 0.5) is 5.82 Å². The molecule has 0 aliphatic carbocycles. The fourth-order valence-corrected chi connectivity index (χ4v) is 3.95. The zero-order chi connectivity index (χ0) is 21.8. The molecule has 8 nitrogen and oxygen atoms in total. The van der Waals surface area contributed by atoms with Crippen molar-refractivity contribution in [2.24, 2.45) is 5.92 Å². The molecular weight excluding hydrogens is 404 g/mol. The molecule has 5 rings (SSSR count). The Hall–Kier alpha value is -3.94. The van der Waals surface area contributed by atoms with Gasteiger partial charge in [-0.2, -0.15) is 4.52 Å². The normalized spacial score (nSPS) is 14.4. The van der Waals surface area contributed by atoms with E-state index in [1.165, 1.54) is 0 Å². The number of nitrogens with one attached hydrogen (secondary N) is 1. The number of nitrogens with zero attached hydrogens (tertiary/aromatic N) is 5. The average molecular weight is 428 g/mol. The van der Waals surface area contributed by atoms with Crippen LogP contribution in [0.5, 0.6) is 11.5 Å². The van der Waals surface area contributed by atoms with Crippen molar-refractivity contribution >= 4 is 17.4 Å². The fraction of sp³-hybridized carbons (Fsp3) is 0.250. The molecule has 162 valence electrons. The van der Waals surface area contributed by atoms with Gasteiger partial charge in [0.25, 0.3) is 0 Å². The maximum absolute atomic E-state index is 12.8. The highest BCUT2D eigenvalue weighted by Crippen LogP contribution is 2.26. The first-order chi connectivity index (χ1) is 15.8. The van der Waals surface area contributed by atoms with Gasteiger partial charge in [0.2, 0.25) is 5.91 Å². The van der Waals surface area contributed by atoms with E-state index in [0.29, 0.717) is 6.54 Å². The Kier molecular flexibility index (Phi) is 5.65. The summed E-state index contributed by atoms with van der Waals surface area (Å²) in [5.41, 5.74) is 1.67. The average Bonchev–Trinajstić information content (AvgIpc) is 3.32. The van der Waals surface area contributed by atoms with E-state index in [1.54, 1.807) is 10.8 Å². The van der Waals surface area contributed by atoms with Gasteiger partial charge in [-0.05, 0) is 43.2 Å². The van der Waals surface area contributed by atoms with Gasteiger partial charge in [0.05, 0.1) is 0 Å². The first kappa shape index (κ1) is 20.0. The Bertz CT molecular complexity index is 1200. The summed E-state index contributed by atoms with van der Waals surface area (Å²) in [6.45, 7) is 2.01. The molecule has 3 heterocycles. The van der Waals surface area contributed by atoms with Crippen molar-refractivity contribution < 1.29 is 9.53 Å². The quantitative estimate of drug-likeness (QED) is 0.506. The number of hydrogen-bond acceptors (Lipinski definition) is 6. The largest absolute Gasteiger partial charge is 0.457 e. The summed E-state index contributed by atoms with van der Waals surface area (Å²) >= 11 is 0. The van der Waals surface area contributed by atoms with Gasteiger partial charge in [0, 0.05) is 31.1 Å². The standard InChI is InChI=1S/C24H24N6O2/c31-24(25-16-19-6-4-5-9-21(19)32-20-7-2-1-3-8-20)18-12-14-29(15-13-18)23-11-10-22-27-26-17-30(22)28-23/h1-11,17-18H,12-16H2,(H,25,31). The van der Waals surface area contributed by atoms with E-state index in [2.05, 4.69) is 25.5 Å². The van der Waals surface area contributed by atoms with E-state index < -0.39 is 0 Å². The lowest BCUT2D eigenvalue weighted by Gasteiger charge is -2.32. The predicted molar refractivity (Wildman–Crippen MR) is 121 cm³/mol. The number of amides is 1. The molecule has 0 atom stereocenters. The van der Waals surface area contributed by atoms with Crippen LogP contribution in [-0.2, 0) is 11.3 Å². The molecule has 1 amide bonds. The monoisotopic (exact) mass is 428 g/mol. The van der Waals surface area contributed by atoms with E-state index in [4.69, 9.17) is 4.74 Å². The van der Waals surface area contributed by atoms with Crippen molar-refractivity contribution in [2.75, 3.05) is 18.0 Å². The van der Waals surface area contributed by atoms with Crippen molar-refractivity contribution in [3.63, 3.8) is 0 Å². The third kappa shape index (κ3) is 4.39. The van der Waals surface area contributed by atoms with E-state index in [0.717, 1.165) is 54.5 Å². The molecule has 1 aliphatic rings. The molecule has 32 heavy (non-hydrogen) atoms. The molecule has 0 radical (unpaired) electrons. The molecule has 0 bridgehead atoms. The molecule has 1 saturated heterocycles. The van der Waals surface area contributed by atoms with Crippen LogP contribution in [0.1, 0.15) is 18.4 Å². The Morgan fingerprint density at radius 3 is 2.62 bits per heavy atom. The molecule has 0 spiro atoms. The maximum Gasteiger partial charge on any atom is 0.223 e. The number of para-hydroxylation sites is 2. The van der Waals surface area contributed by atoms with Gasteiger partial charge < -0.3 is 15.0 Å². The predicted octanol–water partition coefficient (Wildman–Crippen LogP) is 3.45. The topological polar surface area (TPSA) is 84.6 Å². The highest BCUT2D eigenvalue weighted by molar-refractivity contribution is 5.79. The van der Waals surface area contributed by atoms with Crippen LogP contribution in [0.3, 0.4) is 0 Å². The molecule has 2 aromatic carbocycles. The number of rotatable bonds is 6. The van der Waals surface area contributed by atoms with Crippen LogP contribution < -0.4 is 15.0 Å². The number of ether oxygens (including phenoxy) is 1. The summed E-state index contributed by atoms with van der Waals surface area (Å²) in [7, 11) is 0. The van der Waals surface area contributed by atoms with Crippen molar-refractivity contribution in [3.05, 3.63) is 78.6 Å². The maximum atomic E-state index is 12.8. The Morgan fingerprint density at radius 2 is 1.78 bits per heavy atom. The Balaban J connectivity index is 1.16. The molecule has 1 N–H and O–H groups in total. The molecule has 2 aromatic heterocycles. The second kappa shape index (κ2) is 9.05. The lowest BCUT2D eigenvalue weighted by molar-refractivity contribution is -0.125. The molecule has 4 aromatic rings. The van der Waals surface area contributed by atoms with Gasteiger partial charge in [-0.25, -0.2) is 0 Å². The zero-order valence-corrected chi connectivity index (χ0v) is 17.6. The van der Waals surface area contributed by atoms with Crippen LogP contribution in [0.2, 0.25) is 0 Å². The van der Waals surface area contributed by atoms with E-state index >= 15 is 0 Å². The number of benzene rings is 2. The van der Waals surface area contributed by atoms with E-state index in [9.17, 15) is 4.79 Å². The van der Waals surface area contributed by atoms with E-state index in [-0.39, 0.29) is 11.8 Å². The van der Waals surface area contributed by atoms with Gasteiger partial charge in [0.1, 0.15) is 23.6 Å². The van der Waals surface area contributed by atoms with Gasteiger partial charge in [-0.3, -0.25) is 4.79 Å². The first-order valence-electron chi connectivity index (χ1n) is 10.8. The van der Waals surface area contributed by atoms with Crippen LogP contribution in [0, 0.1) is 5.92 Å². The molecule has 1 aliphatic heterocycles. The molecule has 0 unspecified atom stereocenters.